The van der Waals surface area contributed by atoms with Gasteiger partial charge in [0.1, 0.15) is 11.0 Å². The van der Waals surface area contributed by atoms with Crippen molar-refractivity contribution in [3.63, 3.8) is 0 Å². The second kappa shape index (κ2) is 18.4. The third kappa shape index (κ3) is 9.28. The van der Waals surface area contributed by atoms with Gasteiger partial charge in [0.25, 0.3) is 0 Å². The maximum atomic E-state index is 6.21. The van der Waals surface area contributed by atoms with Gasteiger partial charge >= 0.3 is 14.2 Å². The molecule has 0 spiro atoms. The highest BCUT2D eigenvalue weighted by atomic mass is 79.9. The normalized spacial score (nSPS) is 20.5. The molecular weight excluding hydrogens is 898 g/mol. The first-order chi connectivity index (χ1) is 26.3. The molecule has 6 nitrogen and oxygen atoms in total. The minimum Gasteiger partial charge on any atom is -0.399 e. The van der Waals surface area contributed by atoms with E-state index in [1.54, 1.807) is 20.9 Å². The second-order valence-corrected chi connectivity index (χ2v) is 23.7. The van der Waals surface area contributed by atoms with Crippen LogP contribution >= 0.6 is 66.3 Å². The maximum absolute atomic E-state index is 6.21. The van der Waals surface area contributed by atoms with Crippen LogP contribution in [0.1, 0.15) is 166 Å². The smallest absolute Gasteiger partial charge is 0.399 e. The Hall–Kier alpha value is -0.630. The number of thiophene rings is 2. The topological polar surface area (TPSA) is 62.7 Å². The number of hydrogen-bond acceptors (Lipinski definition) is 9. The summed E-state index contributed by atoms with van der Waals surface area (Å²) in [5.74, 6) is 1.63. The fourth-order valence-corrected chi connectivity index (χ4v) is 12.7. The lowest BCUT2D eigenvalue weighted by Crippen LogP contribution is -2.41. The van der Waals surface area contributed by atoms with Crippen LogP contribution in [-0.4, -0.2) is 45.4 Å². The van der Waals surface area contributed by atoms with E-state index >= 15 is 0 Å². The van der Waals surface area contributed by atoms with E-state index in [1.165, 1.54) is 83.5 Å². The molecule has 5 heterocycles. The Morgan fingerprint density at radius 3 is 1.28 bits per heavy atom. The summed E-state index contributed by atoms with van der Waals surface area (Å²) in [5.41, 5.74) is 5.19. The van der Waals surface area contributed by atoms with Gasteiger partial charge in [0.15, 0.2) is 0 Å². The summed E-state index contributed by atoms with van der Waals surface area (Å²) >= 11 is 12.7. The standard InChI is InChI=1S/C25H36Br2S2.C18H26B2N2O4S.CH4/c1-5-9-11-17(7-3)15-25(16-18(8-4)12-10-6-2)19-13-21(26)28-23(19)24-20(25)14-22(27)29-24;1-15(2)16(3,4)24-19(23-15)11-9-10-12(14-13(11)21-27-22-14)20-25-17(5,6)18(7,8)26-20;/h13-14,17-18H,5-12,15-16H2,1-4H3;9-10H,1-8H3;1H4. The molecule has 2 saturated heterocycles. The molecule has 3 aliphatic rings. The number of halogens is 2. The Morgan fingerprint density at radius 2 is 0.965 bits per heavy atom. The van der Waals surface area contributed by atoms with Gasteiger partial charge in [-0.2, -0.15) is 8.75 Å². The minimum absolute atomic E-state index is 0. The zero-order valence-corrected chi connectivity index (χ0v) is 41.3. The predicted molar refractivity (Wildman–Crippen MR) is 255 cm³/mol. The number of rotatable bonds is 14. The summed E-state index contributed by atoms with van der Waals surface area (Å²) in [5, 5.41) is 0. The number of aromatic nitrogens is 2. The van der Waals surface area contributed by atoms with E-state index in [0.29, 0.717) is 0 Å². The summed E-state index contributed by atoms with van der Waals surface area (Å²) < 4.78 is 36.5. The fraction of sp³-hybridized carbons (Fsp3) is 0.682. The van der Waals surface area contributed by atoms with Crippen molar-refractivity contribution in [2.75, 3.05) is 0 Å². The average Bonchev–Trinajstić information content (AvgIpc) is 3.96. The van der Waals surface area contributed by atoms with Gasteiger partial charge in [-0.1, -0.05) is 98.6 Å². The van der Waals surface area contributed by atoms with E-state index < -0.39 is 36.6 Å². The monoisotopic (exact) mass is 962 g/mol. The van der Waals surface area contributed by atoms with Crippen molar-refractivity contribution in [1.29, 1.82) is 0 Å². The molecule has 0 saturated carbocycles. The van der Waals surface area contributed by atoms with E-state index in [1.807, 2.05) is 90.2 Å². The second-order valence-electron chi connectivity index (χ2n) is 18.3. The van der Waals surface area contributed by atoms with Crippen molar-refractivity contribution in [2.24, 2.45) is 11.8 Å². The molecule has 2 unspecified atom stereocenters. The quantitative estimate of drug-likeness (QED) is 0.117. The molecule has 1 aliphatic carbocycles. The van der Waals surface area contributed by atoms with Crippen LogP contribution in [0.5, 0.6) is 0 Å². The number of nitrogens with zero attached hydrogens (tertiary/aromatic N) is 2. The summed E-state index contributed by atoms with van der Waals surface area (Å²) in [6.07, 6.45) is 13.3. The van der Waals surface area contributed by atoms with Gasteiger partial charge in [0.2, 0.25) is 0 Å². The van der Waals surface area contributed by atoms with Crippen LogP contribution in [0.3, 0.4) is 0 Å². The van der Waals surface area contributed by atoms with Gasteiger partial charge in [0, 0.05) is 26.1 Å². The Kier molecular flexibility index (Phi) is 15.3. The molecule has 57 heavy (non-hydrogen) atoms. The third-order valence-electron chi connectivity index (χ3n) is 13.5. The van der Waals surface area contributed by atoms with Crippen LogP contribution in [-0.2, 0) is 24.0 Å². The largest absolute Gasteiger partial charge is 0.497 e. The fourth-order valence-electron chi connectivity index (χ4n) is 8.54. The Bertz CT molecular complexity index is 1810. The van der Waals surface area contributed by atoms with E-state index in [2.05, 4.69) is 80.4 Å². The molecule has 2 atom stereocenters. The molecule has 3 aromatic heterocycles. The van der Waals surface area contributed by atoms with Crippen molar-refractivity contribution in [1.82, 2.24) is 8.75 Å². The molecule has 7 rings (SSSR count). The SMILES string of the molecule is C.CC1(C)OB(c2ccc(B3OC(C)(C)C(C)(C)O3)c3nsnc23)OC1(C)C.CCCCC(CC)CC1(CC(CC)CCCC)c2cc(Br)sc2-c2sc(Br)cc21. The van der Waals surface area contributed by atoms with Crippen LogP contribution in [0.2, 0.25) is 0 Å². The van der Waals surface area contributed by atoms with Gasteiger partial charge in [-0.05, 0) is 135 Å². The van der Waals surface area contributed by atoms with Gasteiger partial charge < -0.3 is 18.6 Å². The van der Waals surface area contributed by atoms with E-state index in [0.717, 1.165) is 33.8 Å². The molecule has 314 valence electrons. The lowest BCUT2D eigenvalue weighted by molar-refractivity contribution is 0.00578. The van der Waals surface area contributed by atoms with Gasteiger partial charge in [0.05, 0.1) is 41.7 Å². The first-order valence-electron chi connectivity index (χ1n) is 20.9. The van der Waals surface area contributed by atoms with Crippen LogP contribution in [0, 0.1) is 11.8 Å². The van der Waals surface area contributed by atoms with Crippen molar-refractivity contribution in [2.45, 2.75) is 183 Å². The van der Waals surface area contributed by atoms with Crippen molar-refractivity contribution in [3.05, 3.63) is 43.0 Å². The Morgan fingerprint density at radius 1 is 0.614 bits per heavy atom. The van der Waals surface area contributed by atoms with E-state index in [9.17, 15) is 0 Å². The van der Waals surface area contributed by atoms with Crippen molar-refractivity contribution in [3.8, 4) is 9.75 Å². The number of hydrogen-bond donors (Lipinski definition) is 0. The van der Waals surface area contributed by atoms with Gasteiger partial charge in [-0.25, -0.2) is 0 Å². The Labute approximate surface area is 374 Å². The molecule has 0 bridgehead atoms. The third-order valence-corrected chi connectivity index (χ3v) is 17.5. The van der Waals surface area contributed by atoms with E-state index in [4.69, 9.17) is 18.6 Å². The molecule has 2 aliphatic heterocycles. The molecule has 0 amide bonds. The molecule has 13 heteroatoms. The molecule has 2 fully saturated rings. The van der Waals surface area contributed by atoms with Crippen LogP contribution in [0.15, 0.2) is 31.8 Å². The first kappa shape index (κ1) is 47.4. The number of benzene rings is 1. The lowest BCUT2D eigenvalue weighted by atomic mass is 9.66. The first-order valence-corrected chi connectivity index (χ1v) is 24.8. The lowest BCUT2D eigenvalue weighted by Gasteiger charge is -2.37. The summed E-state index contributed by atoms with van der Waals surface area (Å²) in [6, 6.07) is 8.93. The van der Waals surface area contributed by atoms with Gasteiger partial charge in [-0.3, -0.25) is 0 Å². The summed E-state index contributed by atoms with van der Waals surface area (Å²) in [6.45, 7) is 25.8. The highest BCUT2D eigenvalue weighted by molar-refractivity contribution is 9.11. The van der Waals surface area contributed by atoms with Crippen molar-refractivity contribution < 1.29 is 18.6 Å². The maximum Gasteiger partial charge on any atom is 0.497 e. The van der Waals surface area contributed by atoms with E-state index in [-0.39, 0.29) is 12.8 Å². The molecule has 0 N–H and O–H groups in total. The zero-order chi connectivity index (χ0) is 40.8. The Balaban J connectivity index is 0.000000214. The van der Waals surface area contributed by atoms with Gasteiger partial charge in [-0.15, -0.1) is 22.7 Å². The molecular formula is C44H66B2Br2N2O4S3. The minimum atomic E-state index is -0.478. The summed E-state index contributed by atoms with van der Waals surface area (Å²) in [7, 11) is -0.956. The molecule has 1 aromatic carbocycles. The summed E-state index contributed by atoms with van der Waals surface area (Å²) in [4.78, 5) is 3.08. The van der Waals surface area contributed by atoms with Crippen LogP contribution in [0.25, 0.3) is 20.8 Å². The highest BCUT2D eigenvalue weighted by Crippen LogP contribution is 2.62. The molecule has 4 aromatic rings. The molecule has 0 radical (unpaired) electrons. The number of unbranched alkanes of at least 4 members (excludes halogenated alkanes) is 2. The predicted octanol–water partition coefficient (Wildman–Crippen LogP) is 13.7. The average molecular weight is 965 g/mol. The number of fused-ring (bicyclic) bond motifs is 4. The zero-order valence-electron chi connectivity index (χ0n) is 35.7. The van der Waals surface area contributed by atoms with Crippen LogP contribution in [0.4, 0.5) is 0 Å². The van der Waals surface area contributed by atoms with Crippen molar-refractivity contribution >= 4 is 102 Å². The van der Waals surface area contributed by atoms with Crippen LogP contribution < -0.4 is 10.9 Å². The highest BCUT2D eigenvalue weighted by Gasteiger charge is 2.55.